The van der Waals surface area contributed by atoms with Gasteiger partial charge in [-0.05, 0) is 43.9 Å². The minimum atomic E-state index is -3.55. The Hall–Kier alpha value is -1.11. The molecule has 0 heterocycles. The molecule has 1 unspecified atom stereocenters. The maximum atomic E-state index is 12.3. The summed E-state index contributed by atoms with van der Waals surface area (Å²) >= 11 is 0. The molecule has 5 nitrogen and oxygen atoms in total. The van der Waals surface area contributed by atoms with Crippen molar-refractivity contribution in [1.29, 1.82) is 0 Å². The van der Waals surface area contributed by atoms with Crippen molar-refractivity contribution >= 4 is 10.0 Å². The van der Waals surface area contributed by atoms with E-state index < -0.39 is 10.0 Å². The second-order valence-electron chi connectivity index (χ2n) is 5.23. The first kappa shape index (κ1) is 15.3. The van der Waals surface area contributed by atoms with Crippen molar-refractivity contribution in [2.24, 2.45) is 5.92 Å². The highest BCUT2D eigenvalue weighted by Gasteiger charge is 2.28. The smallest absolute Gasteiger partial charge is 0.240 e. The molecule has 1 fully saturated rings. The summed E-state index contributed by atoms with van der Waals surface area (Å²) in [6.45, 7) is 1.64. The summed E-state index contributed by atoms with van der Waals surface area (Å²) < 4.78 is 32.4. The number of rotatable bonds is 6. The normalized spacial score (nSPS) is 17.6. The van der Waals surface area contributed by atoms with E-state index in [1.165, 1.54) is 25.7 Å². The molecule has 1 aliphatic rings. The van der Waals surface area contributed by atoms with Crippen LogP contribution in [0.1, 0.15) is 31.7 Å². The van der Waals surface area contributed by atoms with Crippen molar-refractivity contribution < 1.29 is 18.3 Å². The number of hydrogen-bond acceptors (Lipinski definition) is 4. The molecule has 112 valence electrons. The van der Waals surface area contributed by atoms with Crippen molar-refractivity contribution in [2.75, 3.05) is 7.11 Å². The molecule has 0 radical (unpaired) electrons. The van der Waals surface area contributed by atoms with Crippen molar-refractivity contribution in [3.05, 3.63) is 23.8 Å². The fourth-order valence-electron chi connectivity index (χ4n) is 2.39. The minimum absolute atomic E-state index is 0.0616. The summed E-state index contributed by atoms with van der Waals surface area (Å²) in [5.41, 5.74) is 0.465. The Morgan fingerprint density at radius 3 is 2.65 bits per heavy atom. The van der Waals surface area contributed by atoms with E-state index in [4.69, 9.17) is 4.74 Å². The van der Waals surface area contributed by atoms with Gasteiger partial charge in [-0.2, -0.15) is 0 Å². The predicted octanol–water partition coefficient (Wildman–Crippen LogP) is 1.65. The predicted molar refractivity (Wildman–Crippen MR) is 76.0 cm³/mol. The van der Waals surface area contributed by atoms with Crippen LogP contribution in [0.15, 0.2) is 23.1 Å². The van der Waals surface area contributed by atoms with Gasteiger partial charge in [-0.1, -0.05) is 6.42 Å². The van der Waals surface area contributed by atoms with E-state index in [2.05, 4.69) is 4.72 Å². The molecule has 2 rings (SSSR count). The second kappa shape index (κ2) is 6.11. The zero-order valence-corrected chi connectivity index (χ0v) is 12.6. The lowest BCUT2D eigenvalue weighted by molar-refractivity contribution is 0.260. The molecular weight excluding hydrogens is 278 g/mol. The Balaban J connectivity index is 2.20. The van der Waals surface area contributed by atoms with Crippen molar-refractivity contribution in [1.82, 2.24) is 4.72 Å². The summed E-state index contributed by atoms with van der Waals surface area (Å²) in [6, 6.07) is 4.45. The molecule has 0 amide bonds. The van der Waals surface area contributed by atoms with Crippen molar-refractivity contribution in [3.63, 3.8) is 0 Å². The molecule has 0 aromatic heterocycles. The topological polar surface area (TPSA) is 75.6 Å². The molecular formula is C14H21NO4S. The van der Waals surface area contributed by atoms with Gasteiger partial charge >= 0.3 is 0 Å². The number of aliphatic hydroxyl groups excluding tert-OH is 1. The Morgan fingerprint density at radius 1 is 1.45 bits per heavy atom. The van der Waals surface area contributed by atoms with Crippen LogP contribution < -0.4 is 9.46 Å². The zero-order chi connectivity index (χ0) is 14.8. The molecule has 1 aromatic rings. The van der Waals surface area contributed by atoms with Gasteiger partial charge in [0.2, 0.25) is 10.0 Å². The maximum Gasteiger partial charge on any atom is 0.240 e. The Labute approximate surface area is 120 Å². The minimum Gasteiger partial charge on any atom is -0.496 e. The van der Waals surface area contributed by atoms with Crippen LogP contribution in [0, 0.1) is 5.92 Å². The van der Waals surface area contributed by atoms with Gasteiger partial charge in [0.1, 0.15) is 5.75 Å². The Kier molecular flexibility index (Phi) is 4.67. The van der Waals surface area contributed by atoms with E-state index in [0.29, 0.717) is 17.2 Å². The maximum absolute atomic E-state index is 12.3. The van der Waals surface area contributed by atoms with Gasteiger partial charge in [0, 0.05) is 11.6 Å². The standard InChI is InChI=1S/C14H21NO4S/c1-10(11-4-3-5-11)15-20(17,18)13-6-7-14(19-2)12(8-13)9-16/h6-8,10-11,15-16H,3-5,9H2,1-2H3. The summed E-state index contributed by atoms with van der Waals surface area (Å²) in [6.07, 6.45) is 3.33. The highest BCUT2D eigenvalue weighted by Crippen LogP contribution is 2.30. The van der Waals surface area contributed by atoms with Crippen LogP contribution in [0.25, 0.3) is 0 Å². The van der Waals surface area contributed by atoms with Crippen LogP contribution in [0.3, 0.4) is 0 Å². The van der Waals surface area contributed by atoms with Crippen LogP contribution >= 0.6 is 0 Å². The molecule has 20 heavy (non-hydrogen) atoms. The van der Waals surface area contributed by atoms with Crippen LogP contribution in [0.5, 0.6) is 5.75 Å². The molecule has 1 saturated carbocycles. The fraction of sp³-hybridized carbons (Fsp3) is 0.571. The largest absolute Gasteiger partial charge is 0.496 e. The average molecular weight is 299 g/mol. The molecule has 0 bridgehead atoms. The third-order valence-electron chi connectivity index (χ3n) is 3.93. The third-order valence-corrected chi connectivity index (χ3v) is 5.49. The quantitative estimate of drug-likeness (QED) is 0.837. The zero-order valence-electron chi connectivity index (χ0n) is 11.8. The van der Waals surface area contributed by atoms with E-state index in [1.54, 1.807) is 6.07 Å². The van der Waals surface area contributed by atoms with Gasteiger partial charge < -0.3 is 9.84 Å². The van der Waals surface area contributed by atoms with Gasteiger partial charge in [-0.15, -0.1) is 0 Å². The monoisotopic (exact) mass is 299 g/mol. The van der Waals surface area contributed by atoms with E-state index in [0.717, 1.165) is 12.8 Å². The highest BCUT2D eigenvalue weighted by atomic mass is 32.2. The average Bonchev–Trinajstić information content (AvgIpc) is 2.35. The van der Waals surface area contributed by atoms with E-state index in [-0.39, 0.29) is 17.5 Å². The molecule has 6 heteroatoms. The lowest BCUT2D eigenvalue weighted by Crippen LogP contribution is -2.40. The van der Waals surface area contributed by atoms with Gasteiger partial charge in [0.15, 0.2) is 0 Å². The number of hydrogen-bond donors (Lipinski definition) is 2. The van der Waals surface area contributed by atoms with Crippen LogP contribution in [-0.2, 0) is 16.6 Å². The van der Waals surface area contributed by atoms with Gasteiger partial charge in [-0.3, -0.25) is 0 Å². The third kappa shape index (κ3) is 3.13. The molecule has 1 aromatic carbocycles. The van der Waals surface area contributed by atoms with Gasteiger partial charge in [0.05, 0.1) is 18.6 Å². The molecule has 1 atom stereocenters. The second-order valence-corrected chi connectivity index (χ2v) is 6.95. The fourth-order valence-corrected chi connectivity index (χ4v) is 3.76. The SMILES string of the molecule is COc1ccc(S(=O)(=O)NC(C)C2CCC2)cc1CO. The van der Waals surface area contributed by atoms with Crippen molar-refractivity contribution in [3.8, 4) is 5.75 Å². The first-order valence-electron chi connectivity index (χ1n) is 6.78. The van der Waals surface area contributed by atoms with E-state index in [9.17, 15) is 13.5 Å². The summed E-state index contributed by atoms with van der Waals surface area (Å²) in [5, 5.41) is 9.26. The number of aliphatic hydroxyl groups is 1. The van der Waals surface area contributed by atoms with Crippen molar-refractivity contribution in [2.45, 2.75) is 43.7 Å². The molecule has 0 saturated heterocycles. The number of nitrogens with one attached hydrogen (secondary N) is 1. The number of ether oxygens (including phenoxy) is 1. The van der Waals surface area contributed by atoms with Gasteiger partial charge in [0.25, 0.3) is 0 Å². The number of methoxy groups -OCH3 is 1. The molecule has 0 spiro atoms. The van der Waals surface area contributed by atoms with E-state index in [1.807, 2.05) is 6.92 Å². The lowest BCUT2D eigenvalue weighted by Gasteiger charge is -2.31. The molecule has 0 aliphatic heterocycles. The van der Waals surface area contributed by atoms with Crippen LogP contribution in [-0.4, -0.2) is 26.7 Å². The highest BCUT2D eigenvalue weighted by molar-refractivity contribution is 7.89. The van der Waals surface area contributed by atoms with Crippen LogP contribution in [0.2, 0.25) is 0 Å². The first-order chi connectivity index (χ1) is 9.47. The molecule has 1 aliphatic carbocycles. The lowest BCUT2D eigenvalue weighted by atomic mass is 9.81. The number of sulfonamides is 1. The first-order valence-corrected chi connectivity index (χ1v) is 8.26. The summed E-state index contributed by atoms with van der Waals surface area (Å²) in [5.74, 6) is 0.916. The number of benzene rings is 1. The Bertz CT molecular complexity index is 567. The summed E-state index contributed by atoms with van der Waals surface area (Å²) in [4.78, 5) is 0.161. The molecule has 2 N–H and O–H groups in total. The van der Waals surface area contributed by atoms with E-state index >= 15 is 0 Å². The summed E-state index contributed by atoms with van der Waals surface area (Å²) in [7, 11) is -2.07. The Morgan fingerprint density at radius 2 is 2.15 bits per heavy atom. The van der Waals surface area contributed by atoms with Crippen LogP contribution in [0.4, 0.5) is 0 Å². The van der Waals surface area contributed by atoms with Gasteiger partial charge in [-0.25, -0.2) is 13.1 Å².